The topological polar surface area (TPSA) is 97.1 Å². The van der Waals surface area contributed by atoms with E-state index in [0.29, 0.717) is 18.5 Å². The van der Waals surface area contributed by atoms with Gasteiger partial charge in [0, 0.05) is 0 Å². The molecule has 0 saturated carbocycles. The zero-order valence-electron chi connectivity index (χ0n) is 15.0. The molecule has 0 aliphatic carbocycles. The maximum absolute atomic E-state index is 12.5. The van der Waals surface area contributed by atoms with E-state index in [4.69, 9.17) is 0 Å². The summed E-state index contributed by atoms with van der Waals surface area (Å²) in [6.45, 7) is 7.82. The third kappa shape index (κ3) is 4.89. The third-order valence-electron chi connectivity index (χ3n) is 3.90. The maximum atomic E-state index is 12.5. The first-order valence-corrected chi connectivity index (χ1v) is 8.20. The van der Waals surface area contributed by atoms with Gasteiger partial charge in [-0.15, -0.1) is 5.10 Å². The average molecular weight is 344 g/mol. The van der Waals surface area contributed by atoms with E-state index in [9.17, 15) is 14.7 Å². The van der Waals surface area contributed by atoms with Crippen molar-refractivity contribution in [3.05, 3.63) is 41.7 Å². The number of aliphatic carboxylic acids is 1. The second-order valence-corrected chi connectivity index (χ2v) is 7.23. The molecule has 134 valence electrons. The molecule has 0 radical (unpaired) electrons. The lowest BCUT2D eigenvalue weighted by molar-refractivity contribution is -0.139. The van der Waals surface area contributed by atoms with E-state index >= 15 is 0 Å². The van der Waals surface area contributed by atoms with Crippen molar-refractivity contribution < 1.29 is 14.7 Å². The molecule has 0 saturated heterocycles. The first-order chi connectivity index (χ1) is 11.7. The number of carboxylic acids is 1. The Labute approximate surface area is 147 Å². The number of carbonyl (C=O) groups is 2. The van der Waals surface area contributed by atoms with Crippen LogP contribution < -0.4 is 5.32 Å². The van der Waals surface area contributed by atoms with Gasteiger partial charge in [0.2, 0.25) is 0 Å². The van der Waals surface area contributed by atoms with E-state index in [1.54, 1.807) is 11.6 Å². The summed E-state index contributed by atoms with van der Waals surface area (Å²) in [6.07, 6.45) is 1.04. The molecule has 7 heteroatoms. The molecule has 25 heavy (non-hydrogen) atoms. The minimum Gasteiger partial charge on any atom is -0.480 e. The standard InChI is InChI=1S/C18H24N4O3/c1-12-15(20-21-22(12)13-8-6-5-7-9-13)16(23)19-14(17(24)25)10-11-18(2,3)4/h5-9,14H,10-11H2,1-4H3,(H,19,23)(H,24,25). The van der Waals surface area contributed by atoms with Crippen LogP contribution in [0.3, 0.4) is 0 Å². The lowest BCUT2D eigenvalue weighted by Crippen LogP contribution is -2.41. The van der Waals surface area contributed by atoms with Crippen LogP contribution in [0, 0.1) is 12.3 Å². The van der Waals surface area contributed by atoms with Gasteiger partial charge in [-0.05, 0) is 37.3 Å². The molecular formula is C18H24N4O3. The van der Waals surface area contributed by atoms with Crippen molar-refractivity contribution in [3.8, 4) is 5.69 Å². The number of benzene rings is 1. The summed E-state index contributed by atoms with van der Waals surface area (Å²) in [5, 5.41) is 19.8. The van der Waals surface area contributed by atoms with Crippen LogP contribution in [0.2, 0.25) is 0 Å². The Kier molecular flexibility index (Phi) is 5.56. The third-order valence-corrected chi connectivity index (χ3v) is 3.90. The van der Waals surface area contributed by atoms with Crippen LogP contribution in [0.1, 0.15) is 49.8 Å². The highest BCUT2D eigenvalue weighted by Gasteiger charge is 2.26. The predicted octanol–water partition coefficient (Wildman–Crippen LogP) is 2.59. The molecule has 0 fully saturated rings. The number of para-hydroxylation sites is 1. The van der Waals surface area contributed by atoms with E-state index in [1.807, 2.05) is 51.1 Å². The Balaban J connectivity index is 2.14. The summed E-state index contributed by atoms with van der Waals surface area (Å²) < 4.78 is 1.56. The molecule has 1 amide bonds. The van der Waals surface area contributed by atoms with E-state index in [2.05, 4.69) is 15.6 Å². The van der Waals surface area contributed by atoms with Crippen LogP contribution in [0.15, 0.2) is 30.3 Å². The summed E-state index contributed by atoms with van der Waals surface area (Å²) in [7, 11) is 0. The van der Waals surface area contributed by atoms with Crippen LogP contribution >= 0.6 is 0 Å². The van der Waals surface area contributed by atoms with Gasteiger partial charge in [0.05, 0.1) is 11.4 Å². The molecule has 1 atom stereocenters. The van der Waals surface area contributed by atoms with Gasteiger partial charge < -0.3 is 10.4 Å². The Hall–Kier alpha value is -2.70. The predicted molar refractivity (Wildman–Crippen MR) is 93.7 cm³/mol. The number of rotatable bonds is 6. The van der Waals surface area contributed by atoms with Crippen molar-refractivity contribution in [1.82, 2.24) is 20.3 Å². The minimum atomic E-state index is -1.05. The zero-order chi connectivity index (χ0) is 18.6. The number of carbonyl (C=O) groups excluding carboxylic acids is 1. The van der Waals surface area contributed by atoms with Gasteiger partial charge in [-0.2, -0.15) is 0 Å². The van der Waals surface area contributed by atoms with Crippen molar-refractivity contribution in [2.75, 3.05) is 0 Å². The van der Waals surface area contributed by atoms with Crippen molar-refractivity contribution in [1.29, 1.82) is 0 Å². The van der Waals surface area contributed by atoms with Gasteiger partial charge in [-0.1, -0.05) is 44.2 Å². The van der Waals surface area contributed by atoms with E-state index in [1.165, 1.54) is 0 Å². The lowest BCUT2D eigenvalue weighted by atomic mass is 9.88. The van der Waals surface area contributed by atoms with Crippen molar-refractivity contribution in [2.24, 2.45) is 5.41 Å². The molecule has 0 aliphatic rings. The smallest absolute Gasteiger partial charge is 0.326 e. The van der Waals surface area contributed by atoms with Gasteiger partial charge in [-0.3, -0.25) is 4.79 Å². The van der Waals surface area contributed by atoms with Crippen LogP contribution in [-0.4, -0.2) is 38.0 Å². The highest BCUT2D eigenvalue weighted by Crippen LogP contribution is 2.22. The molecule has 7 nitrogen and oxygen atoms in total. The number of aromatic nitrogens is 3. The Bertz CT molecular complexity index is 747. The number of amides is 1. The molecule has 0 aliphatic heterocycles. The summed E-state index contributed by atoms with van der Waals surface area (Å²) in [4.78, 5) is 23.9. The summed E-state index contributed by atoms with van der Waals surface area (Å²) in [5.41, 5.74) is 1.47. The van der Waals surface area contributed by atoms with Crippen LogP contribution in [0.5, 0.6) is 0 Å². The molecule has 2 N–H and O–H groups in total. The maximum Gasteiger partial charge on any atom is 0.326 e. The lowest BCUT2D eigenvalue weighted by Gasteiger charge is -2.21. The quantitative estimate of drug-likeness (QED) is 0.839. The highest BCUT2D eigenvalue weighted by atomic mass is 16.4. The van der Waals surface area contributed by atoms with Gasteiger partial charge >= 0.3 is 5.97 Å². The van der Waals surface area contributed by atoms with Crippen LogP contribution in [0.4, 0.5) is 0 Å². The minimum absolute atomic E-state index is 0.00914. The summed E-state index contributed by atoms with van der Waals surface area (Å²) in [5.74, 6) is -1.58. The van der Waals surface area contributed by atoms with Crippen LogP contribution in [0.25, 0.3) is 5.69 Å². The monoisotopic (exact) mass is 344 g/mol. The fraction of sp³-hybridized carbons (Fsp3) is 0.444. The summed E-state index contributed by atoms with van der Waals surface area (Å²) in [6, 6.07) is 8.37. The van der Waals surface area contributed by atoms with Crippen molar-refractivity contribution >= 4 is 11.9 Å². The molecular weight excluding hydrogens is 320 g/mol. The molecule has 0 spiro atoms. The van der Waals surface area contributed by atoms with E-state index in [0.717, 1.165) is 5.69 Å². The van der Waals surface area contributed by atoms with Gasteiger partial charge in [0.25, 0.3) is 5.91 Å². The molecule has 1 aromatic heterocycles. The SMILES string of the molecule is Cc1c(C(=O)NC(CCC(C)(C)C)C(=O)O)nnn1-c1ccccc1. The van der Waals surface area contributed by atoms with Crippen molar-refractivity contribution in [2.45, 2.75) is 46.6 Å². The number of carboxylic acid groups (broad SMARTS) is 1. The van der Waals surface area contributed by atoms with E-state index < -0.39 is 17.9 Å². The molecule has 2 rings (SSSR count). The number of nitrogens with zero attached hydrogens (tertiary/aromatic N) is 3. The number of nitrogens with one attached hydrogen (secondary N) is 1. The molecule has 2 aromatic rings. The number of hydrogen-bond acceptors (Lipinski definition) is 4. The normalized spacial score (nSPS) is 12.6. The molecule has 1 unspecified atom stereocenters. The Morgan fingerprint density at radius 3 is 2.44 bits per heavy atom. The average Bonchev–Trinajstić information content (AvgIpc) is 2.92. The van der Waals surface area contributed by atoms with Gasteiger partial charge in [0.15, 0.2) is 5.69 Å². The highest BCUT2D eigenvalue weighted by molar-refractivity contribution is 5.95. The first-order valence-electron chi connectivity index (χ1n) is 8.20. The van der Waals surface area contributed by atoms with Crippen LogP contribution in [-0.2, 0) is 4.79 Å². The summed E-state index contributed by atoms with van der Waals surface area (Å²) >= 11 is 0. The molecule has 0 bridgehead atoms. The fourth-order valence-corrected chi connectivity index (χ4v) is 2.41. The molecule has 1 heterocycles. The Morgan fingerprint density at radius 2 is 1.88 bits per heavy atom. The second-order valence-electron chi connectivity index (χ2n) is 7.23. The first kappa shape index (κ1) is 18.6. The second kappa shape index (κ2) is 7.46. The van der Waals surface area contributed by atoms with E-state index in [-0.39, 0.29) is 11.1 Å². The van der Waals surface area contributed by atoms with Crippen molar-refractivity contribution in [3.63, 3.8) is 0 Å². The zero-order valence-corrected chi connectivity index (χ0v) is 15.0. The molecule has 1 aromatic carbocycles. The largest absolute Gasteiger partial charge is 0.480 e. The van der Waals surface area contributed by atoms with Gasteiger partial charge in [0.1, 0.15) is 6.04 Å². The number of hydrogen-bond donors (Lipinski definition) is 2. The van der Waals surface area contributed by atoms with Gasteiger partial charge in [-0.25, -0.2) is 9.48 Å². The Morgan fingerprint density at radius 1 is 1.24 bits per heavy atom. The fourth-order valence-electron chi connectivity index (χ4n) is 2.41.